The molecule has 26 heavy (non-hydrogen) atoms. The van der Waals surface area contributed by atoms with Gasteiger partial charge in [0.05, 0.1) is 0 Å². The molecule has 1 aromatic heterocycles. The lowest BCUT2D eigenvalue weighted by Crippen LogP contribution is -2.16. The highest BCUT2D eigenvalue weighted by molar-refractivity contribution is 5.91. The Labute approximate surface area is 152 Å². The third-order valence-corrected chi connectivity index (χ3v) is 4.66. The molecule has 0 aliphatic rings. The minimum Gasteiger partial charge on any atom is -0.423 e. The van der Waals surface area contributed by atoms with Crippen molar-refractivity contribution in [1.29, 1.82) is 0 Å². The first-order chi connectivity index (χ1) is 12.5. The van der Waals surface area contributed by atoms with E-state index in [-0.39, 0.29) is 18.0 Å². The second-order valence-electron chi connectivity index (χ2n) is 6.59. The lowest BCUT2D eigenvalue weighted by Gasteiger charge is -2.09. The molecule has 1 heterocycles. The van der Waals surface area contributed by atoms with E-state index in [0.29, 0.717) is 17.6 Å². The van der Waals surface area contributed by atoms with Crippen LogP contribution in [0.4, 0.5) is 5.69 Å². The molecule has 0 radical (unpaired) electrons. The molecular formula is C22H23NO3. The topological polar surface area (TPSA) is 59.3 Å². The van der Waals surface area contributed by atoms with Crippen LogP contribution in [0.2, 0.25) is 0 Å². The van der Waals surface area contributed by atoms with Crippen molar-refractivity contribution in [2.75, 3.05) is 5.32 Å². The number of hydrogen-bond acceptors (Lipinski definition) is 3. The van der Waals surface area contributed by atoms with Gasteiger partial charge >= 0.3 is 5.63 Å². The van der Waals surface area contributed by atoms with Gasteiger partial charge in [0.2, 0.25) is 5.91 Å². The fourth-order valence-corrected chi connectivity index (χ4v) is 3.12. The summed E-state index contributed by atoms with van der Waals surface area (Å²) in [6.45, 7) is 5.94. The Hall–Kier alpha value is -2.88. The summed E-state index contributed by atoms with van der Waals surface area (Å²) in [7, 11) is 0. The summed E-state index contributed by atoms with van der Waals surface area (Å²) >= 11 is 0. The van der Waals surface area contributed by atoms with E-state index in [9.17, 15) is 9.59 Å². The van der Waals surface area contributed by atoms with Crippen molar-refractivity contribution in [3.05, 3.63) is 75.1 Å². The average molecular weight is 349 g/mol. The van der Waals surface area contributed by atoms with Crippen molar-refractivity contribution in [2.45, 2.75) is 40.0 Å². The molecule has 0 saturated heterocycles. The highest BCUT2D eigenvalue weighted by Gasteiger charge is 2.13. The van der Waals surface area contributed by atoms with Crippen molar-refractivity contribution < 1.29 is 9.21 Å². The largest absolute Gasteiger partial charge is 0.423 e. The minimum atomic E-state index is -0.360. The summed E-state index contributed by atoms with van der Waals surface area (Å²) < 4.78 is 5.45. The molecular weight excluding hydrogens is 326 g/mol. The molecule has 0 fully saturated rings. The first kappa shape index (κ1) is 17.9. The van der Waals surface area contributed by atoms with Gasteiger partial charge in [0, 0.05) is 23.1 Å². The number of hydrogen-bond donors (Lipinski definition) is 1. The van der Waals surface area contributed by atoms with E-state index in [1.807, 2.05) is 56.3 Å². The molecule has 3 aromatic rings. The van der Waals surface area contributed by atoms with Crippen LogP contribution in [0.25, 0.3) is 11.0 Å². The maximum atomic E-state index is 12.3. The fourth-order valence-electron chi connectivity index (χ4n) is 3.12. The van der Waals surface area contributed by atoms with Gasteiger partial charge in [0.15, 0.2) is 0 Å². The van der Waals surface area contributed by atoms with E-state index in [0.717, 1.165) is 28.6 Å². The average Bonchev–Trinajstić information content (AvgIpc) is 2.61. The highest BCUT2D eigenvalue weighted by Crippen LogP contribution is 2.21. The van der Waals surface area contributed by atoms with E-state index < -0.39 is 0 Å². The summed E-state index contributed by atoms with van der Waals surface area (Å²) in [5.74, 6) is -0.110. The van der Waals surface area contributed by atoms with E-state index >= 15 is 0 Å². The second-order valence-corrected chi connectivity index (χ2v) is 6.59. The van der Waals surface area contributed by atoms with Crippen molar-refractivity contribution >= 4 is 22.6 Å². The maximum Gasteiger partial charge on any atom is 0.339 e. The monoisotopic (exact) mass is 349 g/mol. The van der Waals surface area contributed by atoms with Gasteiger partial charge < -0.3 is 9.73 Å². The van der Waals surface area contributed by atoms with Crippen LogP contribution in [-0.2, 0) is 17.6 Å². The van der Waals surface area contributed by atoms with Crippen LogP contribution in [-0.4, -0.2) is 5.91 Å². The van der Waals surface area contributed by atoms with E-state index in [2.05, 4.69) is 12.2 Å². The Kier molecular flexibility index (Phi) is 5.21. The van der Waals surface area contributed by atoms with Crippen LogP contribution in [0.5, 0.6) is 0 Å². The normalized spacial score (nSPS) is 10.9. The predicted octanol–water partition coefficient (Wildman–Crippen LogP) is 4.54. The number of carbonyl (C=O) groups excluding carboxylic acids is 1. The van der Waals surface area contributed by atoms with Gasteiger partial charge in [-0.2, -0.15) is 0 Å². The summed E-state index contributed by atoms with van der Waals surface area (Å²) in [6.07, 6.45) is 1.51. The maximum absolute atomic E-state index is 12.3. The Bertz CT molecular complexity index is 1020. The standard InChI is InChI=1S/C22H23NO3/c1-4-16-6-5-7-17(13-16)23-21(24)11-10-19-15(3)18-9-8-14(2)12-20(18)26-22(19)25/h5-9,12-13H,4,10-11H2,1-3H3,(H,23,24). The molecule has 2 aromatic carbocycles. The first-order valence-electron chi connectivity index (χ1n) is 8.89. The van der Waals surface area contributed by atoms with Crippen LogP contribution < -0.4 is 10.9 Å². The Balaban J connectivity index is 1.75. The number of carbonyl (C=O) groups is 1. The van der Waals surface area contributed by atoms with Gasteiger partial charge in [-0.3, -0.25) is 4.79 Å². The molecule has 0 spiro atoms. The van der Waals surface area contributed by atoms with Gasteiger partial charge in [0.25, 0.3) is 0 Å². The SMILES string of the molecule is CCc1cccc(NC(=O)CCc2c(C)c3ccc(C)cc3oc2=O)c1. The Morgan fingerprint density at radius 1 is 1.12 bits per heavy atom. The minimum absolute atomic E-state index is 0.110. The van der Waals surface area contributed by atoms with Crippen LogP contribution >= 0.6 is 0 Å². The van der Waals surface area contributed by atoms with Gasteiger partial charge in [-0.1, -0.05) is 31.2 Å². The fraction of sp³-hybridized carbons (Fsp3) is 0.273. The van der Waals surface area contributed by atoms with Crippen LogP contribution in [0.1, 0.15) is 35.6 Å². The van der Waals surface area contributed by atoms with Gasteiger partial charge in [-0.05, 0) is 61.6 Å². The van der Waals surface area contributed by atoms with E-state index in [1.54, 1.807) is 0 Å². The van der Waals surface area contributed by atoms with Gasteiger partial charge in [-0.15, -0.1) is 0 Å². The molecule has 0 aliphatic carbocycles. The zero-order valence-electron chi connectivity index (χ0n) is 15.4. The van der Waals surface area contributed by atoms with Gasteiger partial charge in [0.1, 0.15) is 5.58 Å². The van der Waals surface area contributed by atoms with Gasteiger partial charge in [-0.25, -0.2) is 4.79 Å². The van der Waals surface area contributed by atoms with Crippen molar-refractivity contribution in [3.63, 3.8) is 0 Å². The molecule has 3 rings (SSSR count). The Morgan fingerprint density at radius 2 is 1.92 bits per heavy atom. The lowest BCUT2D eigenvalue weighted by molar-refractivity contribution is -0.116. The quantitative estimate of drug-likeness (QED) is 0.688. The lowest BCUT2D eigenvalue weighted by atomic mass is 10.0. The number of fused-ring (bicyclic) bond motifs is 1. The van der Waals surface area contributed by atoms with Crippen LogP contribution in [0.3, 0.4) is 0 Å². The van der Waals surface area contributed by atoms with Crippen molar-refractivity contribution in [3.8, 4) is 0 Å². The zero-order chi connectivity index (χ0) is 18.7. The molecule has 1 amide bonds. The zero-order valence-corrected chi connectivity index (χ0v) is 15.4. The molecule has 4 nitrogen and oxygen atoms in total. The van der Waals surface area contributed by atoms with E-state index in [4.69, 9.17) is 4.42 Å². The molecule has 0 unspecified atom stereocenters. The summed E-state index contributed by atoms with van der Waals surface area (Å²) in [6, 6.07) is 13.6. The summed E-state index contributed by atoms with van der Waals surface area (Å²) in [5, 5.41) is 3.82. The van der Waals surface area contributed by atoms with Crippen molar-refractivity contribution in [1.82, 2.24) is 0 Å². The number of aryl methyl sites for hydroxylation is 3. The summed E-state index contributed by atoms with van der Waals surface area (Å²) in [4.78, 5) is 24.6. The van der Waals surface area contributed by atoms with E-state index in [1.165, 1.54) is 5.56 Å². The molecule has 0 atom stereocenters. The third kappa shape index (κ3) is 3.85. The number of amides is 1. The second kappa shape index (κ2) is 7.56. The molecule has 4 heteroatoms. The number of nitrogens with one attached hydrogen (secondary N) is 1. The number of benzene rings is 2. The molecule has 1 N–H and O–H groups in total. The third-order valence-electron chi connectivity index (χ3n) is 4.66. The number of anilines is 1. The van der Waals surface area contributed by atoms with Crippen LogP contribution in [0.15, 0.2) is 51.7 Å². The van der Waals surface area contributed by atoms with Crippen LogP contribution in [0, 0.1) is 13.8 Å². The highest BCUT2D eigenvalue weighted by atomic mass is 16.4. The first-order valence-corrected chi connectivity index (χ1v) is 8.89. The summed E-state index contributed by atoms with van der Waals surface area (Å²) in [5.41, 5.74) is 4.69. The predicted molar refractivity (Wildman–Crippen MR) is 105 cm³/mol. The molecule has 0 aliphatic heterocycles. The smallest absolute Gasteiger partial charge is 0.339 e. The van der Waals surface area contributed by atoms with Crippen molar-refractivity contribution in [2.24, 2.45) is 0 Å². The molecule has 134 valence electrons. The Morgan fingerprint density at radius 3 is 2.69 bits per heavy atom. The molecule has 0 saturated carbocycles. The molecule has 0 bridgehead atoms. The number of rotatable bonds is 5.